The lowest BCUT2D eigenvalue weighted by Gasteiger charge is -2.36. The highest BCUT2D eigenvalue weighted by Crippen LogP contribution is 2.37. The Labute approximate surface area is 103 Å². The molecule has 3 rings (SSSR count). The first kappa shape index (κ1) is 11.1. The molecule has 92 valence electrons. The summed E-state index contributed by atoms with van der Waals surface area (Å²) in [6, 6.07) is 8.90. The summed E-state index contributed by atoms with van der Waals surface area (Å²) in [5.74, 6) is 0.849. The van der Waals surface area contributed by atoms with Crippen LogP contribution >= 0.6 is 0 Å². The predicted molar refractivity (Wildman–Crippen MR) is 70.3 cm³/mol. The quantitative estimate of drug-likeness (QED) is 0.864. The van der Waals surface area contributed by atoms with Crippen molar-refractivity contribution in [2.24, 2.45) is 5.92 Å². The maximum atomic E-state index is 9.96. The molecule has 1 aliphatic heterocycles. The van der Waals surface area contributed by atoms with Gasteiger partial charge >= 0.3 is 0 Å². The van der Waals surface area contributed by atoms with Crippen molar-refractivity contribution >= 4 is 5.69 Å². The number of fused-ring (bicyclic) bond motifs is 1. The van der Waals surface area contributed by atoms with Crippen LogP contribution in [0.5, 0.6) is 0 Å². The standard InChI is InChI=1S/C15H21NO/c1-11(17)15-9-13-7-2-3-8-14(13)16(15)10-12-5-4-6-12/h2-3,7-8,11-12,15,17H,4-6,9-10H2,1H3. The van der Waals surface area contributed by atoms with E-state index in [1.165, 1.54) is 30.5 Å². The molecule has 2 atom stereocenters. The highest BCUT2D eigenvalue weighted by atomic mass is 16.3. The summed E-state index contributed by atoms with van der Waals surface area (Å²) in [5.41, 5.74) is 2.75. The van der Waals surface area contributed by atoms with E-state index in [0.29, 0.717) is 0 Å². The van der Waals surface area contributed by atoms with Crippen LogP contribution in [0, 0.1) is 5.92 Å². The summed E-state index contributed by atoms with van der Waals surface area (Å²) >= 11 is 0. The minimum absolute atomic E-state index is 0.248. The van der Waals surface area contributed by atoms with Crippen molar-refractivity contribution in [1.82, 2.24) is 0 Å². The van der Waals surface area contributed by atoms with Crippen molar-refractivity contribution in [2.45, 2.75) is 44.8 Å². The SMILES string of the molecule is CC(O)C1Cc2ccccc2N1CC1CCC1. The molecule has 0 aromatic heterocycles. The van der Waals surface area contributed by atoms with E-state index in [4.69, 9.17) is 0 Å². The summed E-state index contributed by atoms with van der Waals surface area (Å²) in [6.45, 7) is 3.05. The topological polar surface area (TPSA) is 23.5 Å². The van der Waals surface area contributed by atoms with Gasteiger partial charge in [-0.3, -0.25) is 0 Å². The number of para-hydroxylation sites is 1. The molecule has 2 heteroatoms. The van der Waals surface area contributed by atoms with Gasteiger partial charge in [-0.15, -0.1) is 0 Å². The Kier molecular flexibility index (Phi) is 2.83. The number of anilines is 1. The molecule has 2 aliphatic rings. The van der Waals surface area contributed by atoms with E-state index in [0.717, 1.165) is 18.9 Å². The van der Waals surface area contributed by atoms with Gasteiger partial charge in [-0.05, 0) is 43.7 Å². The van der Waals surface area contributed by atoms with E-state index >= 15 is 0 Å². The van der Waals surface area contributed by atoms with Crippen molar-refractivity contribution in [2.75, 3.05) is 11.4 Å². The maximum Gasteiger partial charge on any atom is 0.0718 e. The fourth-order valence-electron chi connectivity index (χ4n) is 3.10. The Morgan fingerprint density at radius 2 is 2.12 bits per heavy atom. The van der Waals surface area contributed by atoms with E-state index in [1.54, 1.807) is 0 Å². The van der Waals surface area contributed by atoms with Crippen LogP contribution in [0.15, 0.2) is 24.3 Å². The predicted octanol–water partition coefficient (Wildman–Crippen LogP) is 2.60. The Morgan fingerprint density at radius 3 is 2.76 bits per heavy atom. The van der Waals surface area contributed by atoms with Gasteiger partial charge < -0.3 is 10.0 Å². The molecule has 0 radical (unpaired) electrons. The third-order valence-corrected chi connectivity index (χ3v) is 4.37. The van der Waals surface area contributed by atoms with Crippen molar-refractivity contribution in [3.63, 3.8) is 0 Å². The highest BCUT2D eigenvalue weighted by molar-refractivity contribution is 5.59. The van der Waals surface area contributed by atoms with Crippen molar-refractivity contribution in [3.05, 3.63) is 29.8 Å². The van der Waals surface area contributed by atoms with E-state index in [2.05, 4.69) is 29.2 Å². The lowest BCUT2D eigenvalue weighted by molar-refractivity contribution is 0.157. The van der Waals surface area contributed by atoms with Crippen LogP contribution in [0.2, 0.25) is 0 Å². The zero-order chi connectivity index (χ0) is 11.8. The second-order valence-corrected chi connectivity index (χ2v) is 5.59. The fourth-order valence-corrected chi connectivity index (χ4v) is 3.10. The normalized spacial score (nSPS) is 25.5. The van der Waals surface area contributed by atoms with Crippen molar-refractivity contribution in [3.8, 4) is 0 Å². The largest absolute Gasteiger partial charge is 0.391 e. The number of hydrogen-bond acceptors (Lipinski definition) is 2. The van der Waals surface area contributed by atoms with E-state index in [9.17, 15) is 5.11 Å². The molecule has 2 unspecified atom stereocenters. The molecule has 0 saturated heterocycles. The molecule has 1 heterocycles. The number of nitrogens with zero attached hydrogens (tertiary/aromatic N) is 1. The summed E-state index contributed by atoms with van der Waals surface area (Å²) in [6.07, 6.45) is 4.87. The Morgan fingerprint density at radius 1 is 1.35 bits per heavy atom. The smallest absolute Gasteiger partial charge is 0.0718 e. The number of rotatable bonds is 3. The van der Waals surface area contributed by atoms with Gasteiger partial charge in [0.1, 0.15) is 0 Å². The molecular weight excluding hydrogens is 210 g/mol. The lowest BCUT2D eigenvalue weighted by Crippen LogP contribution is -2.43. The van der Waals surface area contributed by atoms with Crippen LogP contribution in [0.1, 0.15) is 31.7 Å². The number of aliphatic hydroxyl groups excluding tert-OH is 1. The minimum Gasteiger partial charge on any atom is -0.391 e. The third-order valence-electron chi connectivity index (χ3n) is 4.37. The molecule has 0 bridgehead atoms. The van der Waals surface area contributed by atoms with Crippen LogP contribution in [-0.2, 0) is 6.42 Å². The van der Waals surface area contributed by atoms with Crippen LogP contribution in [0.3, 0.4) is 0 Å². The van der Waals surface area contributed by atoms with Gasteiger partial charge in [-0.1, -0.05) is 24.6 Å². The number of hydrogen-bond donors (Lipinski definition) is 1. The van der Waals surface area contributed by atoms with Gasteiger partial charge in [-0.25, -0.2) is 0 Å². The van der Waals surface area contributed by atoms with Crippen molar-refractivity contribution in [1.29, 1.82) is 0 Å². The molecule has 1 aliphatic carbocycles. The highest BCUT2D eigenvalue weighted by Gasteiger charge is 2.34. The zero-order valence-electron chi connectivity index (χ0n) is 10.5. The molecular formula is C15H21NO. The fraction of sp³-hybridized carbons (Fsp3) is 0.600. The number of aliphatic hydroxyl groups is 1. The van der Waals surface area contributed by atoms with E-state index in [-0.39, 0.29) is 12.1 Å². The van der Waals surface area contributed by atoms with Crippen molar-refractivity contribution < 1.29 is 5.11 Å². The average Bonchev–Trinajstić information content (AvgIpc) is 2.62. The van der Waals surface area contributed by atoms with Crippen LogP contribution in [0.25, 0.3) is 0 Å². The van der Waals surface area contributed by atoms with Crippen LogP contribution in [-0.4, -0.2) is 23.8 Å². The van der Waals surface area contributed by atoms with Gasteiger partial charge in [0, 0.05) is 12.2 Å². The maximum absolute atomic E-state index is 9.96. The Balaban J connectivity index is 1.84. The lowest BCUT2D eigenvalue weighted by atomic mass is 9.85. The average molecular weight is 231 g/mol. The first-order chi connectivity index (χ1) is 8.25. The number of benzene rings is 1. The molecule has 0 spiro atoms. The third kappa shape index (κ3) is 1.95. The molecule has 1 fully saturated rings. The van der Waals surface area contributed by atoms with Crippen LogP contribution in [0.4, 0.5) is 5.69 Å². The Hall–Kier alpha value is -1.02. The molecule has 17 heavy (non-hydrogen) atoms. The summed E-state index contributed by atoms with van der Waals surface area (Å²) in [5, 5.41) is 9.96. The van der Waals surface area contributed by atoms with Gasteiger partial charge in [0.05, 0.1) is 12.1 Å². The van der Waals surface area contributed by atoms with Gasteiger partial charge in [-0.2, -0.15) is 0 Å². The first-order valence-corrected chi connectivity index (χ1v) is 6.78. The first-order valence-electron chi connectivity index (χ1n) is 6.78. The molecule has 1 N–H and O–H groups in total. The summed E-state index contributed by atoms with van der Waals surface area (Å²) < 4.78 is 0. The van der Waals surface area contributed by atoms with E-state index in [1.807, 2.05) is 6.92 Å². The monoisotopic (exact) mass is 231 g/mol. The summed E-state index contributed by atoms with van der Waals surface area (Å²) in [7, 11) is 0. The minimum atomic E-state index is -0.248. The van der Waals surface area contributed by atoms with Gasteiger partial charge in [0.15, 0.2) is 0 Å². The van der Waals surface area contributed by atoms with E-state index < -0.39 is 0 Å². The zero-order valence-corrected chi connectivity index (χ0v) is 10.5. The molecule has 1 aromatic carbocycles. The Bertz CT molecular complexity index is 398. The molecule has 2 nitrogen and oxygen atoms in total. The molecule has 1 aromatic rings. The molecule has 1 saturated carbocycles. The second-order valence-electron chi connectivity index (χ2n) is 5.59. The second kappa shape index (κ2) is 4.34. The van der Waals surface area contributed by atoms with Gasteiger partial charge in [0.2, 0.25) is 0 Å². The van der Waals surface area contributed by atoms with Gasteiger partial charge in [0.25, 0.3) is 0 Å². The molecule has 0 amide bonds. The summed E-state index contributed by atoms with van der Waals surface area (Å²) in [4.78, 5) is 2.45. The van der Waals surface area contributed by atoms with Crippen LogP contribution < -0.4 is 4.90 Å².